The topological polar surface area (TPSA) is 33.1 Å². The van der Waals surface area contributed by atoms with Crippen molar-refractivity contribution >= 4 is 34.1 Å². The first-order valence-electron chi connectivity index (χ1n) is 7.77. The van der Waals surface area contributed by atoms with Crippen LogP contribution in [0.5, 0.6) is 5.75 Å². The molecule has 0 unspecified atom stereocenters. The molecule has 0 aliphatic carbocycles. The number of para-hydroxylation sites is 1. The van der Waals surface area contributed by atoms with Crippen LogP contribution in [0.2, 0.25) is 10.0 Å². The molecule has 0 fully saturated rings. The van der Waals surface area contributed by atoms with E-state index < -0.39 is 0 Å². The molecule has 0 aliphatic heterocycles. The SMILES string of the molecule is Oc1c(Cl)cc(Cl)cc1-c1cc(-c2ccccc2)c2ccccc2n1. The smallest absolute Gasteiger partial charge is 0.143 e. The van der Waals surface area contributed by atoms with E-state index in [9.17, 15) is 5.11 Å². The van der Waals surface area contributed by atoms with Crippen molar-refractivity contribution in [1.29, 1.82) is 0 Å². The highest BCUT2D eigenvalue weighted by molar-refractivity contribution is 6.36. The molecule has 1 aromatic heterocycles. The second-order valence-corrected chi connectivity index (χ2v) is 6.57. The minimum atomic E-state index is -0.0205. The summed E-state index contributed by atoms with van der Waals surface area (Å²) in [5.41, 5.74) is 4.10. The average Bonchev–Trinajstić information content (AvgIpc) is 2.64. The zero-order valence-electron chi connectivity index (χ0n) is 13.1. The fraction of sp³-hybridized carbons (Fsp3) is 0. The average molecular weight is 366 g/mol. The van der Waals surface area contributed by atoms with Gasteiger partial charge in [0.15, 0.2) is 0 Å². The number of rotatable bonds is 2. The molecule has 4 heteroatoms. The van der Waals surface area contributed by atoms with E-state index in [1.165, 1.54) is 6.07 Å². The Bertz CT molecular complexity index is 1080. The molecule has 122 valence electrons. The van der Waals surface area contributed by atoms with Crippen molar-refractivity contribution < 1.29 is 5.11 Å². The second-order valence-electron chi connectivity index (χ2n) is 5.72. The quantitative estimate of drug-likeness (QED) is 0.435. The molecule has 0 radical (unpaired) electrons. The molecule has 4 aromatic rings. The Balaban J connectivity index is 2.04. The maximum absolute atomic E-state index is 10.4. The number of aromatic nitrogens is 1. The minimum Gasteiger partial charge on any atom is -0.506 e. The van der Waals surface area contributed by atoms with Gasteiger partial charge < -0.3 is 5.11 Å². The van der Waals surface area contributed by atoms with E-state index in [1.807, 2.05) is 48.5 Å². The van der Waals surface area contributed by atoms with Crippen LogP contribution in [-0.2, 0) is 0 Å². The Morgan fingerprint density at radius 1 is 0.760 bits per heavy atom. The summed E-state index contributed by atoms with van der Waals surface area (Å²) in [7, 11) is 0. The van der Waals surface area contributed by atoms with Crippen LogP contribution in [0, 0.1) is 0 Å². The van der Waals surface area contributed by atoms with Gasteiger partial charge in [0.2, 0.25) is 0 Å². The first kappa shape index (κ1) is 15.9. The minimum absolute atomic E-state index is 0.0205. The summed E-state index contributed by atoms with van der Waals surface area (Å²) in [5.74, 6) is -0.0205. The Labute approximate surface area is 155 Å². The maximum Gasteiger partial charge on any atom is 0.143 e. The van der Waals surface area contributed by atoms with Gasteiger partial charge in [-0.2, -0.15) is 0 Å². The van der Waals surface area contributed by atoms with E-state index in [1.54, 1.807) is 6.07 Å². The van der Waals surface area contributed by atoms with Crippen LogP contribution in [0.4, 0.5) is 0 Å². The molecular formula is C21H13Cl2NO. The number of benzene rings is 3. The summed E-state index contributed by atoms with van der Waals surface area (Å²) in [5, 5.41) is 12.1. The van der Waals surface area contributed by atoms with Crippen molar-refractivity contribution in [2.24, 2.45) is 0 Å². The van der Waals surface area contributed by atoms with E-state index in [0.29, 0.717) is 16.3 Å². The van der Waals surface area contributed by atoms with Crippen LogP contribution in [0.25, 0.3) is 33.3 Å². The third kappa shape index (κ3) is 2.95. The van der Waals surface area contributed by atoms with Crippen LogP contribution < -0.4 is 0 Å². The molecule has 1 N–H and O–H groups in total. The van der Waals surface area contributed by atoms with E-state index in [2.05, 4.69) is 12.1 Å². The predicted molar refractivity (Wildman–Crippen MR) is 104 cm³/mol. The number of nitrogens with zero attached hydrogens (tertiary/aromatic N) is 1. The molecule has 0 saturated heterocycles. The molecule has 3 aromatic carbocycles. The molecule has 0 atom stereocenters. The van der Waals surface area contributed by atoms with Gasteiger partial charge in [-0.1, -0.05) is 71.7 Å². The van der Waals surface area contributed by atoms with Gasteiger partial charge >= 0.3 is 0 Å². The molecule has 0 amide bonds. The third-order valence-electron chi connectivity index (χ3n) is 4.11. The summed E-state index contributed by atoms with van der Waals surface area (Å²) >= 11 is 12.2. The lowest BCUT2D eigenvalue weighted by Gasteiger charge is -2.12. The van der Waals surface area contributed by atoms with Crippen LogP contribution in [0.3, 0.4) is 0 Å². The molecule has 0 spiro atoms. The molecule has 4 rings (SSSR count). The van der Waals surface area contributed by atoms with Crippen LogP contribution in [0.15, 0.2) is 72.8 Å². The predicted octanol–water partition coefficient (Wildman–Crippen LogP) is 6.58. The number of pyridine rings is 1. The lowest BCUT2D eigenvalue weighted by molar-refractivity contribution is 0.477. The van der Waals surface area contributed by atoms with E-state index in [0.717, 1.165) is 22.0 Å². The monoisotopic (exact) mass is 365 g/mol. The van der Waals surface area contributed by atoms with Crippen molar-refractivity contribution in [2.75, 3.05) is 0 Å². The number of halogens is 2. The van der Waals surface area contributed by atoms with Gasteiger partial charge in [0.25, 0.3) is 0 Å². The number of hydrogen-bond donors (Lipinski definition) is 1. The van der Waals surface area contributed by atoms with Crippen molar-refractivity contribution in [1.82, 2.24) is 4.98 Å². The summed E-state index contributed by atoms with van der Waals surface area (Å²) in [6.45, 7) is 0. The van der Waals surface area contributed by atoms with Crippen LogP contribution in [-0.4, -0.2) is 10.1 Å². The number of phenolic OH excluding ortho intramolecular Hbond substituents is 1. The van der Waals surface area contributed by atoms with Gasteiger partial charge in [0, 0.05) is 16.0 Å². The highest BCUT2D eigenvalue weighted by Gasteiger charge is 2.14. The van der Waals surface area contributed by atoms with E-state index in [-0.39, 0.29) is 10.8 Å². The van der Waals surface area contributed by atoms with Crippen LogP contribution in [0.1, 0.15) is 0 Å². The fourth-order valence-corrected chi connectivity index (χ4v) is 3.42. The van der Waals surface area contributed by atoms with Crippen LogP contribution >= 0.6 is 23.2 Å². The molecule has 0 aliphatic rings. The largest absolute Gasteiger partial charge is 0.506 e. The summed E-state index contributed by atoms with van der Waals surface area (Å²) in [6, 6.07) is 23.2. The second kappa shape index (κ2) is 6.40. The van der Waals surface area contributed by atoms with Gasteiger partial charge in [-0.15, -0.1) is 0 Å². The first-order valence-corrected chi connectivity index (χ1v) is 8.52. The number of fused-ring (bicyclic) bond motifs is 1. The number of aromatic hydroxyl groups is 1. The van der Waals surface area contributed by atoms with Gasteiger partial charge in [0.1, 0.15) is 5.75 Å². The molecule has 25 heavy (non-hydrogen) atoms. The standard InChI is InChI=1S/C21H13Cl2NO/c22-14-10-17(21(25)18(23)11-14)20-12-16(13-6-2-1-3-7-13)15-8-4-5-9-19(15)24-20/h1-12,25H. The molecular weight excluding hydrogens is 353 g/mol. The number of phenols is 1. The fourth-order valence-electron chi connectivity index (χ4n) is 2.93. The van der Waals surface area contributed by atoms with Gasteiger partial charge in [-0.25, -0.2) is 4.98 Å². The van der Waals surface area contributed by atoms with Crippen molar-refractivity contribution in [2.45, 2.75) is 0 Å². The van der Waals surface area contributed by atoms with Crippen molar-refractivity contribution in [3.63, 3.8) is 0 Å². The Hall–Kier alpha value is -2.55. The molecule has 0 bridgehead atoms. The van der Waals surface area contributed by atoms with E-state index >= 15 is 0 Å². The van der Waals surface area contributed by atoms with Gasteiger partial charge in [-0.05, 0) is 35.4 Å². The number of hydrogen-bond acceptors (Lipinski definition) is 2. The van der Waals surface area contributed by atoms with Gasteiger partial charge in [-0.3, -0.25) is 0 Å². The Kier molecular flexibility index (Phi) is 4.08. The lowest BCUT2D eigenvalue weighted by Crippen LogP contribution is -1.90. The Morgan fingerprint density at radius 2 is 1.48 bits per heavy atom. The lowest BCUT2D eigenvalue weighted by atomic mass is 9.98. The summed E-state index contributed by atoms with van der Waals surface area (Å²) < 4.78 is 0. The zero-order valence-corrected chi connectivity index (χ0v) is 14.6. The molecule has 1 heterocycles. The van der Waals surface area contributed by atoms with Crippen molar-refractivity contribution in [3.8, 4) is 28.1 Å². The zero-order chi connectivity index (χ0) is 17.4. The summed E-state index contributed by atoms with van der Waals surface area (Å²) in [6.07, 6.45) is 0. The van der Waals surface area contributed by atoms with Crippen molar-refractivity contribution in [3.05, 3.63) is 82.8 Å². The molecule has 0 saturated carbocycles. The molecule has 2 nitrogen and oxygen atoms in total. The summed E-state index contributed by atoms with van der Waals surface area (Å²) in [4.78, 5) is 4.70. The Morgan fingerprint density at radius 3 is 2.28 bits per heavy atom. The third-order valence-corrected chi connectivity index (χ3v) is 4.61. The van der Waals surface area contributed by atoms with E-state index in [4.69, 9.17) is 28.2 Å². The maximum atomic E-state index is 10.4. The normalized spacial score (nSPS) is 11.0. The van der Waals surface area contributed by atoms with Gasteiger partial charge in [0.05, 0.1) is 16.2 Å². The highest BCUT2D eigenvalue weighted by Crippen LogP contribution is 2.39. The first-order chi connectivity index (χ1) is 12.1. The highest BCUT2D eigenvalue weighted by atomic mass is 35.5.